The number of nitrogens with one attached hydrogen (secondary N) is 1. The molecule has 0 saturated heterocycles. The Morgan fingerprint density at radius 1 is 1.57 bits per heavy atom. The van der Waals surface area contributed by atoms with Gasteiger partial charge in [-0.1, -0.05) is 0 Å². The number of methoxy groups -OCH3 is 1. The van der Waals surface area contributed by atoms with E-state index in [1.54, 1.807) is 24.3 Å². The first-order valence-corrected chi connectivity index (χ1v) is 3.98. The highest BCUT2D eigenvalue weighted by molar-refractivity contribution is 5.97. The van der Waals surface area contributed by atoms with Crippen LogP contribution in [-0.2, 0) is 0 Å². The Hall–Kier alpha value is -1.90. The molecule has 0 spiro atoms. The molecule has 5 heteroatoms. The number of aliphatic imine (C=N–C) groups is 1. The average molecular weight is 189 g/mol. The third kappa shape index (κ3) is 1.14. The van der Waals surface area contributed by atoms with Crippen molar-refractivity contribution < 1.29 is 9.80 Å². The van der Waals surface area contributed by atoms with Crippen molar-refractivity contribution in [3.05, 3.63) is 23.4 Å². The summed E-state index contributed by atoms with van der Waals surface area (Å²) in [6.45, 7) is 0. The van der Waals surface area contributed by atoms with Crippen molar-refractivity contribution in [1.82, 2.24) is 0 Å². The van der Waals surface area contributed by atoms with Crippen LogP contribution in [-0.4, -0.2) is 12.9 Å². The number of hydrogen-bond donors (Lipinski definition) is 1. The largest absolute Gasteiger partial charge is 0.622 e. The van der Waals surface area contributed by atoms with Gasteiger partial charge in [0.15, 0.2) is 11.8 Å². The van der Waals surface area contributed by atoms with Crippen LogP contribution in [0.2, 0.25) is 0 Å². The molecule has 1 aliphatic rings. The molecule has 1 N–H and O–H groups in total. The first-order valence-electron chi connectivity index (χ1n) is 3.98. The molecule has 1 unspecified atom stereocenters. The molecule has 0 aliphatic carbocycles. The number of amidine groups is 1. The molecule has 1 aromatic rings. The third-order valence-electron chi connectivity index (χ3n) is 2.00. The first kappa shape index (κ1) is 8.69. The Morgan fingerprint density at radius 3 is 3.00 bits per heavy atom. The van der Waals surface area contributed by atoms with E-state index in [0.29, 0.717) is 17.1 Å². The molecule has 1 heterocycles. The summed E-state index contributed by atoms with van der Waals surface area (Å²) in [4.78, 5) is 3.88. The fraction of sp³-hybridized carbons (Fsp3) is 0.111. The maximum atomic E-state index is 11.5. The quantitative estimate of drug-likeness (QED) is 0.645. The molecule has 0 amide bonds. The smallest absolute Gasteiger partial charge is 0.311 e. The van der Waals surface area contributed by atoms with Gasteiger partial charge in [-0.2, -0.15) is 10.3 Å². The van der Waals surface area contributed by atoms with Crippen molar-refractivity contribution in [2.45, 2.75) is 0 Å². The topological polar surface area (TPSA) is 72.9 Å². The Bertz CT molecular complexity index is 448. The van der Waals surface area contributed by atoms with Crippen LogP contribution in [0.25, 0.3) is 0 Å². The van der Waals surface area contributed by atoms with Gasteiger partial charge in [-0.25, -0.2) is 0 Å². The van der Waals surface area contributed by atoms with E-state index in [1.165, 1.54) is 7.11 Å². The fourth-order valence-corrected chi connectivity index (χ4v) is 1.30. The van der Waals surface area contributed by atoms with E-state index >= 15 is 0 Å². The molecule has 1 aliphatic heterocycles. The molecule has 1 aromatic carbocycles. The van der Waals surface area contributed by atoms with Crippen molar-refractivity contribution in [1.29, 1.82) is 5.26 Å². The molecule has 70 valence electrons. The summed E-state index contributed by atoms with van der Waals surface area (Å²) < 4.78 is 4.97. The maximum Gasteiger partial charge on any atom is 0.311 e. The molecular formula is C9H7N3O2. The normalized spacial score (nSPS) is 18.4. The van der Waals surface area contributed by atoms with Crippen LogP contribution in [0.15, 0.2) is 23.2 Å². The summed E-state index contributed by atoms with van der Waals surface area (Å²) >= 11 is 0. The van der Waals surface area contributed by atoms with Crippen molar-refractivity contribution in [2.24, 2.45) is 4.99 Å². The number of hydroxylamine groups is 1. The predicted molar refractivity (Wildman–Crippen MR) is 49.7 cm³/mol. The second-order valence-electron chi connectivity index (χ2n) is 2.78. The number of quaternary nitrogens is 1. The summed E-state index contributed by atoms with van der Waals surface area (Å²) in [5.41, 5.74) is 0.966. The van der Waals surface area contributed by atoms with Gasteiger partial charge in [0.2, 0.25) is 0 Å². The Morgan fingerprint density at radius 2 is 2.36 bits per heavy atom. The zero-order chi connectivity index (χ0) is 10.1. The Kier molecular flexibility index (Phi) is 1.93. The van der Waals surface area contributed by atoms with Crippen molar-refractivity contribution in [2.75, 3.05) is 7.11 Å². The van der Waals surface area contributed by atoms with Crippen molar-refractivity contribution >= 4 is 17.2 Å². The highest BCUT2D eigenvalue weighted by Crippen LogP contribution is 2.29. The molecule has 2 rings (SSSR count). The zero-order valence-electron chi connectivity index (χ0n) is 7.44. The van der Waals surface area contributed by atoms with Gasteiger partial charge in [-0.05, 0) is 12.1 Å². The van der Waals surface area contributed by atoms with E-state index in [1.807, 2.05) is 0 Å². The van der Waals surface area contributed by atoms with Crippen LogP contribution in [0, 0.1) is 16.5 Å². The van der Waals surface area contributed by atoms with Gasteiger partial charge >= 0.3 is 5.84 Å². The van der Waals surface area contributed by atoms with E-state index in [0.717, 1.165) is 0 Å². The van der Waals surface area contributed by atoms with E-state index in [9.17, 15) is 5.21 Å². The molecule has 0 radical (unpaired) electrons. The minimum absolute atomic E-state index is 0.0618. The molecule has 14 heavy (non-hydrogen) atoms. The van der Waals surface area contributed by atoms with E-state index < -0.39 is 0 Å². The summed E-state index contributed by atoms with van der Waals surface area (Å²) in [6, 6.07) is 6.71. The van der Waals surface area contributed by atoms with Gasteiger partial charge in [0.1, 0.15) is 11.4 Å². The maximum absolute atomic E-state index is 11.5. The van der Waals surface area contributed by atoms with Crippen LogP contribution in [0.1, 0.15) is 0 Å². The zero-order valence-corrected chi connectivity index (χ0v) is 7.44. The van der Waals surface area contributed by atoms with Crippen LogP contribution >= 0.6 is 0 Å². The lowest BCUT2D eigenvalue weighted by Gasteiger charge is -2.13. The van der Waals surface area contributed by atoms with Crippen LogP contribution in [0.4, 0.5) is 11.4 Å². The van der Waals surface area contributed by atoms with Gasteiger partial charge in [0, 0.05) is 6.07 Å². The van der Waals surface area contributed by atoms with Crippen LogP contribution in [0.3, 0.4) is 0 Å². The molecule has 0 saturated carbocycles. The molecule has 0 fully saturated rings. The molecule has 0 aromatic heterocycles. The second-order valence-corrected chi connectivity index (χ2v) is 2.78. The molecule has 0 bridgehead atoms. The lowest BCUT2D eigenvalue weighted by Crippen LogP contribution is -3.03. The highest BCUT2D eigenvalue weighted by atomic mass is 16.5. The van der Waals surface area contributed by atoms with Crippen molar-refractivity contribution in [3.63, 3.8) is 0 Å². The summed E-state index contributed by atoms with van der Waals surface area (Å²) in [5.74, 6) is 0.528. The Balaban J connectivity index is 2.48. The van der Waals surface area contributed by atoms with Gasteiger partial charge in [0.25, 0.3) is 0 Å². The minimum Gasteiger partial charge on any atom is -0.622 e. The van der Waals surface area contributed by atoms with Crippen LogP contribution in [0.5, 0.6) is 5.75 Å². The van der Waals surface area contributed by atoms with Gasteiger partial charge in [-0.3, -0.25) is 5.06 Å². The first-order chi connectivity index (χ1) is 6.76. The van der Waals surface area contributed by atoms with E-state index in [2.05, 4.69) is 4.99 Å². The lowest BCUT2D eigenvalue weighted by atomic mass is 10.2. The van der Waals surface area contributed by atoms with E-state index in [4.69, 9.17) is 10.00 Å². The highest BCUT2D eigenvalue weighted by Gasteiger charge is 2.24. The minimum atomic E-state index is -0.332. The standard InChI is InChI=1S/C9H7N3O2/c1-14-6-2-3-7-8(4-6)12(13)9(5-10)11-7/h2-4,12H,1H3. The SMILES string of the molecule is COc1ccc2c(c1)[NH+]([O-])C(C#N)=N2. The molecule has 1 atom stereocenters. The number of fused-ring (bicyclic) bond motifs is 1. The number of nitrogens with zero attached hydrogens (tertiary/aromatic N) is 2. The second kappa shape index (κ2) is 3.10. The average Bonchev–Trinajstić information content (AvgIpc) is 2.55. The monoisotopic (exact) mass is 189 g/mol. The van der Waals surface area contributed by atoms with Gasteiger partial charge in [-0.15, -0.1) is 0 Å². The van der Waals surface area contributed by atoms with E-state index in [-0.39, 0.29) is 10.9 Å². The predicted octanol–water partition coefficient (Wildman–Crippen LogP) is 0.277. The summed E-state index contributed by atoms with van der Waals surface area (Å²) in [7, 11) is 1.52. The van der Waals surface area contributed by atoms with Gasteiger partial charge in [0.05, 0.1) is 7.11 Å². The number of benzene rings is 1. The van der Waals surface area contributed by atoms with Crippen LogP contribution < -0.4 is 9.80 Å². The Labute approximate surface area is 80.4 Å². The lowest BCUT2D eigenvalue weighted by molar-refractivity contribution is -0.661. The summed E-state index contributed by atoms with van der Waals surface area (Å²) in [5, 5.41) is 19.8. The van der Waals surface area contributed by atoms with Crippen molar-refractivity contribution in [3.8, 4) is 11.8 Å². The number of ether oxygens (including phenoxy) is 1. The number of nitriles is 1. The molecule has 5 nitrogen and oxygen atoms in total. The fourth-order valence-electron chi connectivity index (χ4n) is 1.30. The number of rotatable bonds is 1. The summed E-state index contributed by atoms with van der Waals surface area (Å²) in [6.07, 6.45) is 0. The molecular weight excluding hydrogens is 182 g/mol. The number of hydrogen-bond acceptors (Lipinski definition) is 4. The van der Waals surface area contributed by atoms with Gasteiger partial charge < -0.3 is 9.94 Å². The third-order valence-corrected chi connectivity index (χ3v) is 2.00.